The Morgan fingerprint density at radius 3 is 2.70 bits per heavy atom. The van der Waals surface area contributed by atoms with E-state index in [1.165, 1.54) is 16.7 Å². The highest BCUT2D eigenvalue weighted by Gasteiger charge is 2.32. The number of carbonyl (C=O) groups is 2. The van der Waals surface area contributed by atoms with Crippen LogP contribution in [-0.2, 0) is 11.2 Å². The maximum absolute atomic E-state index is 13.0. The fourth-order valence-corrected chi connectivity index (χ4v) is 5.01. The van der Waals surface area contributed by atoms with Crippen LogP contribution in [0.2, 0.25) is 0 Å². The minimum atomic E-state index is -0.0713. The minimum Gasteiger partial charge on any atom is -0.459 e. The van der Waals surface area contributed by atoms with E-state index >= 15 is 0 Å². The van der Waals surface area contributed by atoms with Crippen LogP contribution in [-0.4, -0.2) is 65.8 Å². The lowest BCUT2D eigenvalue weighted by molar-refractivity contribution is -0.135. The molecule has 2 aliphatic heterocycles. The lowest BCUT2D eigenvalue weighted by atomic mass is 9.97. The first-order valence-corrected chi connectivity index (χ1v) is 10.5. The molecule has 4 heterocycles. The van der Waals surface area contributed by atoms with Crippen molar-refractivity contribution < 1.29 is 14.0 Å². The number of piperazine rings is 1. The summed E-state index contributed by atoms with van der Waals surface area (Å²) in [7, 11) is 0. The van der Waals surface area contributed by atoms with Crippen LogP contribution in [0.5, 0.6) is 0 Å². The molecule has 0 aliphatic carbocycles. The fourth-order valence-electron chi connectivity index (χ4n) is 4.08. The number of carbonyl (C=O) groups excluding carboxylic acids is 2. The summed E-state index contributed by atoms with van der Waals surface area (Å²) < 4.78 is 5.20. The van der Waals surface area contributed by atoms with E-state index in [1.54, 1.807) is 28.4 Å². The molecule has 0 saturated carbocycles. The van der Waals surface area contributed by atoms with Gasteiger partial charge in [-0.1, -0.05) is 6.92 Å². The summed E-state index contributed by atoms with van der Waals surface area (Å²) in [5.74, 6) is 0.507. The summed E-state index contributed by atoms with van der Waals surface area (Å²) in [6.07, 6.45) is 3.42. The standard InChI is InChI=1S/C20H25N3O3S/c1-2-16-15-6-13-27-18(15)5-7-23(16)19(24)14-21-8-10-22(11-9-21)20(25)17-4-3-12-26-17/h3-4,6,12-13,16H,2,5,7-11,14H2,1H3. The van der Waals surface area contributed by atoms with Gasteiger partial charge in [0.05, 0.1) is 18.8 Å². The van der Waals surface area contributed by atoms with Crippen molar-refractivity contribution in [3.63, 3.8) is 0 Å². The van der Waals surface area contributed by atoms with E-state index in [0.717, 1.165) is 19.4 Å². The Labute approximate surface area is 163 Å². The Kier molecular flexibility index (Phi) is 5.31. The number of thiophene rings is 1. The average Bonchev–Trinajstić information content (AvgIpc) is 3.38. The summed E-state index contributed by atoms with van der Waals surface area (Å²) in [5, 5.41) is 2.14. The molecule has 1 atom stereocenters. The zero-order valence-corrected chi connectivity index (χ0v) is 16.4. The van der Waals surface area contributed by atoms with Crippen LogP contribution in [0, 0.1) is 0 Å². The molecule has 4 rings (SSSR count). The average molecular weight is 388 g/mol. The quantitative estimate of drug-likeness (QED) is 0.809. The number of hydrogen-bond donors (Lipinski definition) is 0. The smallest absolute Gasteiger partial charge is 0.289 e. The van der Waals surface area contributed by atoms with E-state index in [2.05, 4.69) is 28.2 Å². The van der Waals surface area contributed by atoms with Gasteiger partial charge in [-0.25, -0.2) is 0 Å². The lowest BCUT2D eigenvalue weighted by Crippen LogP contribution is -2.52. The molecule has 1 unspecified atom stereocenters. The molecule has 1 saturated heterocycles. The van der Waals surface area contributed by atoms with Crippen LogP contribution >= 0.6 is 11.3 Å². The normalized spacial score (nSPS) is 20.6. The van der Waals surface area contributed by atoms with Crippen LogP contribution in [0.25, 0.3) is 0 Å². The second-order valence-corrected chi connectivity index (χ2v) is 8.11. The Bertz CT molecular complexity index is 793. The van der Waals surface area contributed by atoms with E-state index in [0.29, 0.717) is 38.5 Å². The summed E-state index contributed by atoms with van der Waals surface area (Å²) in [4.78, 5) is 32.7. The number of furan rings is 1. The van der Waals surface area contributed by atoms with Crippen molar-refractivity contribution >= 4 is 23.2 Å². The molecule has 2 aromatic rings. The minimum absolute atomic E-state index is 0.0713. The van der Waals surface area contributed by atoms with Crippen molar-refractivity contribution in [2.75, 3.05) is 39.3 Å². The number of hydrogen-bond acceptors (Lipinski definition) is 5. The van der Waals surface area contributed by atoms with Gasteiger partial charge in [0.1, 0.15) is 0 Å². The monoisotopic (exact) mass is 387 g/mol. The highest BCUT2D eigenvalue weighted by Crippen LogP contribution is 2.35. The largest absolute Gasteiger partial charge is 0.459 e. The molecule has 0 bridgehead atoms. The molecule has 0 spiro atoms. The molecule has 144 valence electrons. The van der Waals surface area contributed by atoms with E-state index in [4.69, 9.17) is 4.42 Å². The molecule has 1 fully saturated rings. The number of fused-ring (bicyclic) bond motifs is 1. The van der Waals surface area contributed by atoms with Crippen LogP contribution < -0.4 is 0 Å². The third-order valence-corrected chi connectivity index (χ3v) is 6.55. The molecule has 6 nitrogen and oxygen atoms in total. The zero-order valence-electron chi connectivity index (χ0n) is 15.6. The van der Waals surface area contributed by atoms with Crippen molar-refractivity contribution in [2.45, 2.75) is 25.8 Å². The SMILES string of the molecule is CCC1c2ccsc2CCN1C(=O)CN1CCN(C(=O)c2ccco2)CC1. The van der Waals surface area contributed by atoms with Gasteiger partial charge in [-0.3, -0.25) is 14.5 Å². The van der Waals surface area contributed by atoms with Crippen LogP contribution in [0.4, 0.5) is 0 Å². The van der Waals surface area contributed by atoms with E-state index in [1.807, 2.05) is 0 Å². The first-order chi connectivity index (χ1) is 13.2. The topological polar surface area (TPSA) is 57.0 Å². The highest BCUT2D eigenvalue weighted by molar-refractivity contribution is 7.10. The Hall–Kier alpha value is -2.12. The molecule has 2 aliphatic rings. The fraction of sp³-hybridized carbons (Fsp3) is 0.500. The van der Waals surface area contributed by atoms with E-state index in [9.17, 15) is 9.59 Å². The summed E-state index contributed by atoms with van der Waals surface area (Å²) in [6.45, 7) is 6.06. The van der Waals surface area contributed by atoms with Gasteiger partial charge in [0.25, 0.3) is 5.91 Å². The maximum atomic E-state index is 13.0. The summed E-state index contributed by atoms with van der Waals surface area (Å²) >= 11 is 1.80. The second kappa shape index (κ2) is 7.86. The zero-order chi connectivity index (χ0) is 18.8. The van der Waals surface area contributed by atoms with Crippen LogP contribution in [0.1, 0.15) is 40.4 Å². The Balaban J connectivity index is 1.33. The Morgan fingerprint density at radius 1 is 1.19 bits per heavy atom. The van der Waals surface area contributed by atoms with Crippen LogP contribution in [0.15, 0.2) is 34.3 Å². The highest BCUT2D eigenvalue weighted by atomic mass is 32.1. The van der Waals surface area contributed by atoms with Gasteiger partial charge in [0, 0.05) is 37.6 Å². The molecular weight excluding hydrogens is 362 g/mol. The molecular formula is C20H25N3O3S. The number of nitrogens with zero attached hydrogens (tertiary/aromatic N) is 3. The first kappa shape index (κ1) is 18.3. The second-order valence-electron chi connectivity index (χ2n) is 7.11. The number of rotatable bonds is 4. The van der Waals surface area contributed by atoms with Gasteiger partial charge in [-0.2, -0.15) is 0 Å². The van der Waals surface area contributed by atoms with Gasteiger partial charge in [-0.15, -0.1) is 11.3 Å². The van der Waals surface area contributed by atoms with Gasteiger partial charge < -0.3 is 14.2 Å². The van der Waals surface area contributed by atoms with Crippen molar-refractivity contribution in [1.82, 2.24) is 14.7 Å². The van der Waals surface area contributed by atoms with E-state index in [-0.39, 0.29) is 17.9 Å². The van der Waals surface area contributed by atoms with E-state index < -0.39 is 0 Å². The molecule has 0 aromatic carbocycles. The van der Waals surface area contributed by atoms with Gasteiger partial charge in [0.2, 0.25) is 5.91 Å². The lowest BCUT2D eigenvalue weighted by Gasteiger charge is -2.38. The maximum Gasteiger partial charge on any atom is 0.289 e. The molecule has 0 radical (unpaired) electrons. The van der Waals surface area contributed by atoms with Crippen molar-refractivity contribution in [2.24, 2.45) is 0 Å². The Morgan fingerprint density at radius 2 is 2.00 bits per heavy atom. The van der Waals surface area contributed by atoms with Crippen molar-refractivity contribution in [1.29, 1.82) is 0 Å². The van der Waals surface area contributed by atoms with Gasteiger partial charge in [0.15, 0.2) is 5.76 Å². The summed E-state index contributed by atoms with van der Waals surface area (Å²) in [6, 6.07) is 5.79. The van der Waals surface area contributed by atoms with Crippen molar-refractivity contribution in [3.8, 4) is 0 Å². The van der Waals surface area contributed by atoms with Crippen LogP contribution in [0.3, 0.4) is 0 Å². The molecule has 2 aromatic heterocycles. The predicted octanol–water partition coefficient (Wildman–Crippen LogP) is 2.63. The molecule has 0 N–H and O–H groups in total. The third-order valence-electron chi connectivity index (χ3n) is 5.55. The molecule has 7 heteroatoms. The predicted molar refractivity (Wildman–Crippen MR) is 104 cm³/mol. The molecule has 2 amide bonds. The first-order valence-electron chi connectivity index (χ1n) is 9.58. The van der Waals surface area contributed by atoms with Crippen molar-refractivity contribution in [3.05, 3.63) is 46.0 Å². The third kappa shape index (κ3) is 3.66. The summed E-state index contributed by atoms with van der Waals surface area (Å²) in [5.41, 5.74) is 1.33. The molecule has 27 heavy (non-hydrogen) atoms. The van der Waals surface area contributed by atoms with Gasteiger partial charge >= 0.3 is 0 Å². The van der Waals surface area contributed by atoms with Gasteiger partial charge in [-0.05, 0) is 42.0 Å². The number of amides is 2.